The number of pyridine rings is 1. The van der Waals surface area contributed by atoms with Crippen LogP contribution in [0.1, 0.15) is 38.2 Å². The monoisotopic (exact) mass is 313 g/mol. The minimum Gasteiger partial charge on any atom is -0.395 e. The van der Waals surface area contributed by atoms with Crippen LogP contribution in [0.5, 0.6) is 0 Å². The van der Waals surface area contributed by atoms with E-state index in [0.717, 1.165) is 6.42 Å². The molecule has 0 amide bonds. The number of fused-ring (bicyclic) bond motifs is 1. The van der Waals surface area contributed by atoms with Crippen LogP contribution < -0.4 is 10.6 Å². The Hall–Kier alpha value is -1.65. The fourth-order valence-electron chi connectivity index (χ4n) is 3.63. The Bertz CT molecular complexity index is 630. The van der Waals surface area contributed by atoms with E-state index in [0.29, 0.717) is 18.6 Å². The van der Waals surface area contributed by atoms with E-state index >= 15 is 0 Å². The van der Waals surface area contributed by atoms with E-state index in [4.69, 9.17) is 5.11 Å². The summed E-state index contributed by atoms with van der Waals surface area (Å²) in [5, 5.41) is 18.6. The zero-order valence-electron chi connectivity index (χ0n) is 13.9. The van der Waals surface area contributed by atoms with E-state index in [9.17, 15) is 0 Å². The van der Waals surface area contributed by atoms with Crippen molar-refractivity contribution < 1.29 is 5.11 Å². The van der Waals surface area contributed by atoms with Gasteiger partial charge in [-0.25, -0.2) is 0 Å². The molecule has 0 aliphatic heterocycles. The molecule has 0 atom stereocenters. The Morgan fingerprint density at radius 1 is 1.13 bits per heavy atom. The quantitative estimate of drug-likeness (QED) is 0.767. The van der Waals surface area contributed by atoms with Gasteiger partial charge in [0.1, 0.15) is 0 Å². The molecule has 0 bridgehead atoms. The zero-order valence-corrected chi connectivity index (χ0v) is 13.9. The maximum atomic E-state index is 8.91. The molecule has 4 nitrogen and oxygen atoms in total. The fraction of sp³-hybridized carbons (Fsp3) is 0.526. The largest absolute Gasteiger partial charge is 0.395 e. The average Bonchev–Trinajstić information content (AvgIpc) is 2.61. The first kappa shape index (κ1) is 16.2. The van der Waals surface area contributed by atoms with Crippen LogP contribution in [0, 0.1) is 0 Å². The third kappa shape index (κ3) is 3.82. The SMILES string of the molecule is CCc1cncc2cccc(NC3CCC(NCCO)CC3)c12. The van der Waals surface area contributed by atoms with Gasteiger partial charge in [0.2, 0.25) is 0 Å². The van der Waals surface area contributed by atoms with Crippen molar-refractivity contribution in [3.63, 3.8) is 0 Å². The van der Waals surface area contributed by atoms with E-state index < -0.39 is 0 Å². The van der Waals surface area contributed by atoms with E-state index in [1.807, 2.05) is 12.4 Å². The Morgan fingerprint density at radius 3 is 2.65 bits per heavy atom. The summed E-state index contributed by atoms with van der Waals surface area (Å²) in [5.41, 5.74) is 2.55. The number of aromatic nitrogens is 1. The van der Waals surface area contributed by atoms with E-state index in [-0.39, 0.29) is 6.61 Å². The van der Waals surface area contributed by atoms with Crippen molar-refractivity contribution >= 4 is 16.5 Å². The highest BCUT2D eigenvalue weighted by Gasteiger charge is 2.21. The second-order valence-electron chi connectivity index (χ2n) is 6.43. The van der Waals surface area contributed by atoms with Crippen molar-refractivity contribution in [2.24, 2.45) is 0 Å². The van der Waals surface area contributed by atoms with Crippen LogP contribution >= 0.6 is 0 Å². The summed E-state index contributed by atoms with van der Waals surface area (Å²) in [6.45, 7) is 3.12. The van der Waals surface area contributed by atoms with Gasteiger partial charge in [-0.05, 0) is 43.7 Å². The molecule has 1 aromatic heterocycles. The number of benzene rings is 1. The summed E-state index contributed by atoms with van der Waals surface area (Å²) < 4.78 is 0. The van der Waals surface area contributed by atoms with Gasteiger partial charge in [-0.3, -0.25) is 4.98 Å². The van der Waals surface area contributed by atoms with Gasteiger partial charge in [-0.2, -0.15) is 0 Å². The van der Waals surface area contributed by atoms with Crippen molar-refractivity contribution in [2.45, 2.75) is 51.1 Å². The highest BCUT2D eigenvalue weighted by molar-refractivity contribution is 5.96. The normalized spacial score (nSPS) is 21.5. The summed E-state index contributed by atoms with van der Waals surface area (Å²) in [6, 6.07) is 7.54. The van der Waals surface area contributed by atoms with Gasteiger partial charge in [0.05, 0.1) is 6.61 Å². The number of hydrogen-bond acceptors (Lipinski definition) is 4. The van der Waals surface area contributed by atoms with Crippen LogP contribution in [0.2, 0.25) is 0 Å². The molecule has 1 heterocycles. The lowest BCUT2D eigenvalue weighted by Crippen LogP contribution is -2.38. The van der Waals surface area contributed by atoms with Gasteiger partial charge in [-0.1, -0.05) is 19.1 Å². The average molecular weight is 313 g/mol. The lowest BCUT2D eigenvalue weighted by atomic mass is 9.90. The van der Waals surface area contributed by atoms with Gasteiger partial charge in [-0.15, -0.1) is 0 Å². The molecule has 23 heavy (non-hydrogen) atoms. The molecule has 124 valence electrons. The second-order valence-corrected chi connectivity index (χ2v) is 6.43. The molecule has 1 aliphatic rings. The Labute approximate surface area is 138 Å². The molecule has 4 heteroatoms. The smallest absolute Gasteiger partial charge is 0.0556 e. The van der Waals surface area contributed by atoms with Crippen LogP contribution in [0.4, 0.5) is 5.69 Å². The number of aliphatic hydroxyl groups is 1. The van der Waals surface area contributed by atoms with E-state index in [1.54, 1.807) is 0 Å². The lowest BCUT2D eigenvalue weighted by molar-refractivity contribution is 0.269. The molecule has 0 spiro atoms. The molecule has 0 saturated heterocycles. The molecule has 3 N–H and O–H groups in total. The summed E-state index contributed by atoms with van der Waals surface area (Å²) in [6.07, 6.45) is 9.63. The van der Waals surface area contributed by atoms with Crippen LogP contribution in [-0.2, 0) is 6.42 Å². The number of aryl methyl sites for hydroxylation is 1. The van der Waals surface area contributed by atoms with Crippen LogP contribution in [0.3, 0.4) is 0 Å². The van der Waals surface area contributed by atoms with Crippen molar-refractivity contribution in [1.29, 1.82) is 0 Å². The standard InChI is InChI=1S/C19H27N3O/c1-2-14-12-20-13-15-4-3-5-18(19(14)15)22-17-8-6-16(7-9-17)21-10-11-23/h3-5,12-13,16-17,21-23H,2,6-11H2,1H3. The number of aliphatic hydroxyl groups excluding tert-OH is 1. The molecule has 0 radical (unpaired) electrons. The van der Waals surface area contributed by atoms with Crippen molar-refractivity contribution in [3.8, 4) is 0 Å². The van der Waals surface area contributed by atoms with Gasteiger partial charge >= 0.3 is 0 Å². The highest BCUT2D eigenvalue weighted by atomic mass is 16.3. The van der Waals surface area contributed by atoms with Crippen LogP contribution in [-0.4, -0.2) is 35.3 Å². The number of nitrogens with zero attached hydrogens (tertiary/aromatic N) is 1. The third-order valence-electron chi connectivity index (χ3n) is 4.87. The maximum absolute atomic E-state index is 8.91. The predicted molar refractivity (Wildman–Crippen MR) is 95.9 cm³/mol. The summed E-state index contributed by atoms with van der Waals surface area (Å²) >= 11 is 0. The number of rotatable bonds is 6. The molecule has 1 fully saturated rings. The van der Waals surface area contributed by atoms with Crippen molar-refractivity contribution in [3.05, 3.63) is 36.2 Å². The lowest BCUT2D eigenvalue weighted by Gasteiger charge is -2.30. The van der Waals surface area contributed by atoms with Crippen molar-refractivity contribution in [1.82, 2.24) is 10.3 Å². The minimum absolute atomic E-state index is 0.224. The van der Waals surface area contributed by atoms with E-state index in [1.165, 1.54) is 47.7 Å². The highest BCUT2D eigenvalue weighted by Crippen LogP contribution is 2.29. The number of hydrogen-bond donors (Lipinski definition) is 3. The first-order chi connectivity index (χ1) is 11.3. The predicted octanol–water partition coefficient (Wildman–Crippen LogP) is 3.10. The summed E-state index contributed by atoms with van der Waals surface area (Å²) in [4.78, 5) is 4.35. The van der Waals surface area contributed by atoms with Gasteiger partial charge in [0, 0.05) is 47.5 Å². The molecule has 3 rings (SSSR count). The van der Waals surface area contributed by atoms with Gasteiger partial charge < -0.3 is 15.7 Å². The van der Waals surface area contributed by atoms with Crippen molar-refractivity contribution in [2.75, 3.05) is 18.5 Å². The third-order valence-corrected chi connectivity index (χ3v) is 4.87. The summed E-state index contributed by atoms with van der Waals surface area (Å²) in [7, 11) is 0. The number of anilines is 1. The molecular weight excluding hydrogens is 286 g/mol. The molecule has 0 unspecified atom stereocenters. The minimum atomic E-state index is 0.224. The molecule has 1 saturated carbocycles. The molecule has 1 aliphatic carbocycles. The Kier molecular flexibility index (Phi) is 5.47. The fourth-order valence-corrected chi connectivity index (χ4v) is 3.63. The zero-order chi connectivity index (χ0) is 16.1. The topological polar surface area (TPSA) is 57.2 Å². The molecular formula is C19H27N3O. The van der Waals surface area contributed by atoms with Crippen LogP contribution in [0.25, 0.3) is 10.8 Å². The van der Waals surface area contributed by atoms with E-state index in [2.05, 4.69) is 40.7 Å². The molecule has 2 aromatic rings. The summed E-state index contributed by atoms with van der Waals surface area (Å²) in [5.74, 6) is 0. The Morgan fingerprint density at radius 2 is 1.91 bits per heavy atom. The number of nitrogens with one attached hydrogen (secondary N) is 2. The Balaban J connectivity index is 1.70. The molecule has 1 aromatic carbocycles. The second kappa shape index (κ2) is 7.75. The van der Waals surface area contributed by atoms with Gasteiger partial charge in [0.25, 0.3) is 0 Å². The van der Waals surface area contributed by atoms with Gasteiger partial charge in [0.15, 0.2) is 0 Å². The first-order valence-corrected chi connectivity index (χ1v) is 8.78. The maximum Gasteiger partial charge on any atom is 0.0556 e. The van der Waals surface area contributed by atoms with Crippen LogP contribution in [0.15, 0.2) is 30.6 Å². The first-order valence-electron chi connectivity index (χ1n) is 8.78.